The van der Waals surface area contributed by atoms with Crippen LogP contribution in [0.4, 0.5) is 0 Å². The van der Waals surface area contributed by atoms with Gasteiger partial charge in [-0.1, -0.05) is 53.7 Å². The number of aliphatic hydroxyl groups is 8. The lowest BCUT2D eigenvalue weighted by molar-refractivity contribution is -0.367. The molecular weight excluding hydrogens is 712 g/mol. The van der Waals surface area contributed by atoms with E-state index in [0.29, 0.717) is 19.4 Å². The Labute approximate surface area is 325 Å². The van der Waals surface area contributed by atoms with Crippen LogP contribution in [0.5, 0.6) is 0 Å². The van der Waals surface area contributed by atoms with Gasteiger partial charge in [0.05, 0.1) is 43.7 Å². The molecule has 3 saturated heterocycles. The van der Waals surface area contributed by atoms with Crippen molar-refractivity contribution in [1.82, 2.24) is 0 Å². The first-order valence-corrected chi connectivity index (χ1v) is 20.9. The van der Waals surface area contributed by atoms with Crippen LogP contribution in [0.15, 0.2) is 12.2 Å². The molecule has 2 bridgehead atoms. The Kier molecular flexibility index (Phi) is 9.95. The van der Waals surface area contributed by atoms with Gasteiger partial charge in [0.25, 0.3) is 0 Å². The van der Waals surface area contributed by atoms with E-state index in [0.717, 1.165) is 38.5 Å². The molecule has 8 rings (SSSR count). The summed E-state index contributed by atoms with van der Waals surface area (Å²) in [6.45, 7) is 15.4. The number of fused-ring (bicyclic) bond motifs is 4. The normalized spacial score (nSPS) is 59.7. The van der Waals surface area contributed by atoms with Crippen molar-refractivity contribution >= 4 is 0 Å². The van der Waals surface area contributed by atoms with Crippen molar-refractivity contribution in [2.45, 2.75) is 179 Å². The molecule has 5 aliphatic carbocycles. The fourth-order valence-electron chi connectivity index (χ4n) is 14.3. The highest BCUT2D eigenvalue weighted by atomic mass is 16.7. The molecule has 8 N–H and O–H groups in total. The number of allylic oxidation sites excluding steroid dienone is 1. The molecule has 8 aliphatic rings. The molecule has 13 nitrogen and oxygen atoms in total. The lowest BCUT2D eigenvalue weighted by Crippen LogP contribution is -2.72. The fraction of sp³-hybridized carbons (Fsp3) is 0.952. The number of aliphatic hydroxyl groups excluding tert-OH is 8. The maximum atomic E-state index is 12.1. The molecule has 0 aromatic carbocycles. The Morgan fingerprint density at radius 2 is 1.44 bits per heavy atom. The average molecular weight is 781 g/mol. The van der Waals surface area contributed by atoms with Crippen LogP contribution in [0.3, 0.4) is 0 Å². The molecule has 0 radical (unpaired) electrons. The average Bonchev–Trinajstić information content (AvgIpc) is 3.41. The third-order valence-corrected chi connectivity index (χ3v) is 17.9. The first-order valence-electron chi connectivity index (χ1n) is 20.9. The number of ether oxygens (including phenoxy) is 5. The minimum atomic E-state index is -1.72. The first-order chi connectivity index (χ1) is 25.7. The predicted molar refractivity (Wildman–Crippen MR) is 197 cm³/mol. The van der Waals surface area contributed by atoms with E-state index < -0.39 is 91.2 Å². The summed E-state index contributed by atoms with van der Waals surface area (Å²) >= 11 is 0. The van der Waals surface area contributed by atoms with Crippen molar-refractivity contribution in [3.8, 4) is 0 Å². The van der Waals surface area contributed by atoms with Crippen molar-refractivity contribution in [1.29, 1.82) is 0 Å². The zero-order chi connectivity index (χ0) is 39.9. The molecule has 1 spiro atoms. The van der Waals surface area contributed by atoms with E-state index in [4.69, 9.17) is 23.7 Å². The predicted octanol–water partition coefficient (Wildman–Crippen LogP) is 1.78. The molecule has 314 valence electrons. The van der Waals surface area contributed by atoms with E-state index in [1.54, 1.807) is 6.92 Å². The van der Waals surface area contributed by atoms with Crippen molar-refractivity contribution in [2.24, 2.45) is 50.2 Å². The molecular formula is C42H68O13. The summed E-state index contributed by atoms with van der Waals surface area (Å²) in [5, 5.41) is 87.0. The second-order valence-corrected chi connectivity index (χ2v) is 21.0. The van der Waals surface area contributed by atoms with Gasteiger partial charge in [-0.15, -0.1) is 0 Å². The van der Waals surface area contributed by atoms with Gasteiger partial charge in [0.1, 0.15) is 42.7 Å². The number of hydrogen-bond donors (Lipinski definition) is 8. The van der Waals surface area contributed by atoms with Gasteiger partial charge in [0, 0.05) is 22.2 Å². The van der Waals surface area contributed by atoms with Crippen LogP contribution in [0.25, 0.3) is 0 Å². The molecule has 4 saturated carbocycles. The van der Waals surface area contributed by atoms with Gasteiger partial charge in [-0.3, -0.25) is 0 Å². The Bertz CT molecular complexity index is 1490. The molecule has 0 aromatic heterocycles. The molecule has 3 heterocycles. The van der Waals surface area contributed by atoms with Crippen LogP contribution >= 0.6 is 0 Å². The van der Waals surface area contributed by atoms with E-state index in [1.807, 2.05) is 0 Å². The third kappa shape index (κ3) is 5.44. The van der Waals surface area contributed by atoms with E-state index in [9.17, 15) is 40.9 Å². The van der Waals surface area contributed by atoms with Gasteiger partial charge in [-0.2, -0.15) is 0 Å². The van der Waals surface area contributed by atoms with Crippen LogP contribution in [0.1, 0.15) is 99.8 Å². The van der Waals surface area contributed by atoms with Gasteiger partial charge in [-0.05, 0) is 86.4 Å². The zero-order valence-corrected chi connectivity index (χ0v) is 33.7. The molecule has 55 heavy (non-hydrogen) atoms. The highest BCUT2D eigenvalue weighted by Gasteiger charge is 2.79. The van der Waals surface area contributed by atoms with E-state index in [-0.39, 0.29) is 51.4 Å². The summed E-state index contributed by atoms with van der Waals surface area (Å²) in [5.41, 5.74) is -1.90. The Balaban J connectivity index is 1.05. The van der Waals surface area contributed by atoms with E-state index in [2.05, 4.69) is 53.7 Å². The summed E-state index contributed by atoms with van der Waals surface area (Å²) in [6, 6.07) is 0. The summed E-state index contributed by atoms with van der Waals surface area (Å²) in [5.74, 6) is 0.449. The molecule has 0 aromatic rings. The van der Waals surface area contributed by atoms with E-state index >= 15 is 0 Å². The van der Waals surface area contributed by atoms with Gasteiger partial charge >= 0.3 is 0 Å². The van der Waals surface area contributed by atoms with Gasteiger partial charge in [0.2, 0.25) is 0 Å². The summed E-state index contributed by atoms with van der Waals surface area (Å²) in [7, 11) is 0. The highest BCUT2D eigenvalue weighted by molar-refractivity contribution is 5.36. The monoisotopic (exact) mass is 780 g/mol. The van der Waals surface area contributed by atoms with Crippen LogP contribution in [-0.2, 0) is 23.7 Å². The minimum absolute atomic E-state index is 0.0414. The Morgan fingerprint density at radius 1 is 0.727 bits per heavy atom. The van der Waals surface area contributed by atoms with Gasteiger partial charge in [0.15, 0.2) is 12.6 Å². The second kappa shape index (κ2) is 13.4. The SMILES string of the molecule is C[C@H]1O[C@@H](O[C@H]2CC[C@@]3(C)[C@@H](CC[C@]4(C)[C@@H]3C=C[C@]35OC[C@@]6(CCC(C)(C)CC63)C(O)C[C@]54C)[C@]2(C)CO)[C@H](O)[C@@H](OC2O[C@H](CO)C(O)C(O)[C@H]2O)C1O. The summed E-state index contributed by atoms with van der Waals surface area (Å²) in [6.07, 6.45) is -3.39. The minimum Gasteiger partial charge on any atom is -0.396 e. The molecule has 21 atom stereocenters. The van der Waals surface area contributed by atoms with E-state index in [1.165, 1.54) is 0 Å². The molecule has 3 aliphatic heterocycles. The largest absolute Gasteiger partial charge is 0.396 e. The second-order valence-electron chi connectivity index (χ2n) is 21.0. The standard InChI is InChI=1S/C42H68O13/c1-21-28(46)33(55-34-31(49)30(48)29(47)22(18-43)53-34)32(50)35(52-21)54-27-10-11-37(4)23(38(27,5)19-44)8-12-39(6)24(37)9-13-42-25-16-36(2,3)14-15-41(25,20-51-42)26(45)17-40(39,42)7/h9,13,21-35,43-50H,8,10-12,14-20H2,1-7H3/t21-,22-,23-,24-,25?,26?,27+,28?,29?,30?,31-,32-,33+,34?,35+,37+,38+,39-,40+,41-,42+/m1/s1. The van der Waals surface area contributed by atoms with Crippen LogP contribution in [-0.4, -0.2) is 140 Å². The van der Waals surface area contributed by atoms with Crippen LogP contribution in [0, 0.1) is 50.2 Å². The van der Waals surface area contributed by atoms with Gasteiger partial charge < -0.3 is 64.5 Å². The first kappa shape index (κ1) is 41.0. The maximum absolute atomic E-state index is 12.1. The third-order valence-electron chi connectivity index (χ3n) is 17.9. The van der Waals surface area contributed by atoms with Crippen LogP contribution < -0.4 is 0 Å². The lowest BCUT2D eigenvalue weighted by Gasteiger charge is -2.73. The van der Waals surface area contributed by atoms with Crippen molar-refractivity contribution in [3.05, 3.63) is 12.2 Å². The Hall–Kier alpha value is -0.780. The quantitative estimate of drug-likeness (QED) is 0.143. The molecule has 7 fully saturated rings. The summed E-state index contributed by atoms with van der Waals surface area (Å²) < 4.78 is 31.2. The topological polar surface area (TPSA) is 208 Å². The van der Waals surface area contributed by atoms with Gasteiger partial charge in [-0.25, -0.2) is 0 Å². The molecule has 0 amide bonds. The zero-order valence-electron chi connectivity index (χ0n) is 33.7. The lowest BCUT2D eigenvalue weighted by atomic mass is 9.32. The van der Waals surface area contributed by atoms with Crippen LogP contribution in [0.2, 0.25) is 0 Å². The van der Waals surface area contributed by atoms with Crippen molar-refractivity contribution in [2.75, 3.05) is 19.8 Å². The molecule has 6 unspecified atom stereocenters. The molecule has 13 heteroatoms. The van der Waals surface area contributed by atoms with Crippen molar-refractivity contribution in [3.63, 3.8) is 0 Å². The smallest absolute Gasteiger partial charge is 0.187 e. The Morgan fingerprint density at radius 3 is 2.13 bits per heavy atom. The maximum Gasteiger partial charge on any atom is 0.187 e. The number of hydrogen-bond acceptors (Lipinski definition) is 13. The highest BCUT2D eigenvalue weighted by Crippen LogP contribution is 2.79. The number of rotatable bonds is 6. The van der Waals surface area contributed by atoms with Crippen molar-refractivity contribution < 1.29 is 64.5 Å². The fourth-order valence-corrected chi connectivity index (χ4v) is 14.3. The summed E-state index contributed by atoms with van der Waals surface area (Å²) in [4.78, 5) is 0.